The van der Waals surface area contributed by atoms with Gasteiger partial charge in [-0.05, 0) is 51.4 Å². The summed E-state index contributed by atoms with van der Waals surface area (Å²) >= 11 is 0. The molecule has 280 valence electrons. The van der Waals surface area contributed by atoms with E-state index in [1.165, 1.54) is 148 Å². The van der Waals surface area contributed by atoms with Crippen LogP contribution in [-0.2, 0) is 4.79 Å². The van der Waals surface area contributed by atoms with Crippen LogP contribution in [0.25, 0.3) is 0 Å². The molecule has 0 aromatic rings. The first-order valence-electron chi connectivity index (χ1n) is 20.9. The van der Waals surface area contributed by atoms with Crippen molar-refractivity contribution in [2.24, 2.45) is 0 Å². The fourth-order valence-corrected chi connectivity index (χ4v) is 6.07. The number of aliphatic hydroxyl groups is 2. The lowest BCUT2D eigenvalue weighted by atomic mass is 10.0. The highest BCUT2D eigenvalue weighted by atomic mass is 16.3. The zero-order valence-corrected chi connectivity index (χ0v) is 32.0. The Balaban J connectivity index is 3.66. The number of hydrogen-bond acceptors (Lipinski definition) is 3. The van der Waals surface area contributed by atoms with Crippen LogP contribution < -0.4 is 5.32 Å². The van der Waals surface area contributed by atoms with E-state index >= 15 is 0 Å². The second-order valence-electron chi connectivity index (χ2n) is 14.0. The average Bonchev–Trinajstić information content (AvgIpc) is 3.09. The fourth-order valence-electron chi connectivity index (χ4n) is 6.07. The Morgan fingerprint density at radius 2 is 0.875 bits per heavy atom. The molecule has 0 aliphatic carbocycles. The highest BCUT2D eigenvalue weighted by molar-refractivity contribution is 5.76. The summed E-state index contributed by atoms with van der Waals surface area (Å²) in [6.07, 6.45) is 53.7. The lowest BCUT2D eigenvalue weighted by Crippen LogP contribution is -2.45. The maximum atomic E-state index is 12.3. The van der Waals surface area contributed by atoms with E-state index in [2.05, 4.69) is 49.5 Å². The van der Waals surface area contributed by atoms with Crippen molar-refractivity contribution in [3.63, 3.8) is 0 Å². The molecule has 0 aliphatic heterocycles. The molecule has 0 aromatic heterocycles. The van der Waals surface area contributed by atoms with Gasteiger partial charge < -0.3 is 15.5 Å². The summed E-state index contributed by atoms with van der Waals surface area (Å²) < 4.78 is 0. The van der Waals surface area contributed by atoms with Crippen molar-refractivity contribution < 1.29 is 15.0 Å². The van der Waals surface area contributed by atoms with Crippen molar-refractivity contribution in [2.75, 3.05) is 6.61 Å². The van der Waals surface area contributed by atoms with Crippen LogP contribution in [0.1, 0.15) is 206 Å². The molecule has 0 aromatic carbocycles. The smallest absolute Gasteiger partial charge is 0.220 e. The highest BCUT2D eigenvalue weighted by Crippen LogP contribution is 2.15. The second-order valence-corrected chi connectivity index (χ2v) is 14.0. The molecule has 3 N–H and O–H groups in total. The standard InChI is InChI=1S/C44H81NO3/c1-3-5-7-9-11-13-15-17-18-19-20-21-22-23-24-25-26-28-29-31-33-35-37-39-43(47)42(41-46)45-44(48)40-38-36-34-32-30-27-16-14-12-10-8-6-4-2/h27,29-31,34,36-37,39,42-43,46-47H,3-26,28,32-33,35,38,40-41H2,1-2H3,(H,45,48)/b30-27-,31-29+,36-34-,39-37+. The van der Waals surface area contributed by atoms with E-state index in [-0.39, 0.29) is 12.5 Å². The minimum atomic E-state index is -0.884. The van der Waals surface area contributed by atoms with Crippen LogP contribution in [0.5, 0.6) is 0 Å². The average molecular weight is 672 g/mol. The van der Waals surface area contributed by atoms with Gasteiger partial charge in [0.15, 0.2) is 0 Å². The minimum Gasteiger partial charge on any atom is -0.394 e. The SMILES string of the molecule is CCCCCCCC/C=C\C/C=C\CCC(=O)NC(CO)C(O)/C=C/CC/C=C/CCCCCCCCCCCCCCCCCCC. The van der Waals surface area contributed by atoms with E-state index in [9.17, 15) is 15.0 Å². The van der Waals surface area contributed by atoms with Crippen LogP contribution in [-0.4, -0.2) is 34.9 Å². The Kier molecular flexibility index (Phi) is 38.4. The van der Waals surface area contributed by atoms with Gasteiger partial charge in [-0.3, -0.25) is 4.79 Å². The first-order valence-corrected chi connectivity index (χ1v) is 20.9. The Bertz CT molecular complexity index is 771. The summed E-state index contributed by atoms with van der Waals surface area (Å²) in [7, 11) is 0. The number of allylic oxidation sites excluding steroid dienone is 7. The molecule has 0 heterocycles. The third-order valence-corrected chi connectivity index (χ3v) is 9.30. The van der Waals surface area contributed by atoms with Crippen LogP contribution in [0.3, 0.4) is 0 Å². The number of hydrogen-bond donors (Lipinski definition) is 3. The van der Waals surface area contributed by atoms with Gasteiger partial charge in [0.2, 0.25) is 5.91 Å². The van der Waals surface area contributed by atoms with Crippen molar-refractivity contribution in [3.05, 3.63) is 48.6 Å². The molecule has 0 radical (unpaired) electrons. The van der Waals surface area contributed by atoms with E-state index in [0.29, 0.717) is 12.8 Å². The quantitative estimate of drug-likeness (QED) is 0.0455. The van der Waals surface area contributed by atoms with E-state index in [1.54, 1.807) is 6.08 Å². The molecule has 4 nitrogen and oxygen atoms in total. The molecular weight excluding hydrogens is 590 g/mol. The Labute approximate surface area is 299 Å². The van der Waals surface area contributed by atoms with Crippen molar-refractivity contribution in [2.45, 2.75) is 219 Å². The minimum absolute atomic E-state index is 0.142. The molecule has 0 fully saturated rings. The molecular formula is C44H81NO3. The van der Waals surface area contributed by atoms with Crippen LogP contribution in [0, 0.1) is 0 Å². The molecule has 1 amide bonds. The highest BCUT2D eigenvalue weighted by Gasteiger charge is 2.17. The van der Waals surface area contributed by atoms with E-state index in [0.717, 1.165) is 32.1 Å². The van der Waals surface area contributed by atoms with Gasteiger partial charge in [0.05, 0.1) is 18.8 Å². The van der Waals surface area contributed by atoms with Gasteiger partial charge in [0, 0.05) is 6.42 Å². The molecule has 0 aliphatic rings. The van der Waals surface area contributed by atoms with Crippen molar-refractivity contribution in [3.8, 4) is 0 Å². The summed E-state index contributed by atoms with van der Waals surface area (Å²) in [5, 5.41) is 22.9. The first-order chi connectivity index (χ1) is 23.7. The van der Waals surface area contributed by atoms with Gasteiger partial charge in [0.25, 0.3) is 0 Å². The maximum absolute atomic E-state index is 12.3. The Hall–Kier alpha value is -1.65. The van der Waals surface area contributed by atoms with Crippen LogP contribution in [0.15, 0.2) is 48.6 Å². The normalized spacial score (nSPS) is 13.5. The van der Waals surface area contributed by atoms with Crippen LogP contribution in [0.2, 0.25) is 0 Å². The summed E-state index contributed by atoms with van der Waals surface area (Å²) in [5.41, 5.74) is 0. The number of carbonyl (C=O) groups is 1. The second kappa shape index (κ2) is 39.8. The predicted molar refractivity (Wildman–Crippen MR) is 211 cm³/mol. The van der Waals surface area contributed by atoms with Crippen molar-refractivity contribution in [1.82, 2.24) is 5.32 Å². The van der Waals surface area contributed by atoms with E-state index in [1.807, 2.05) is 12.2 Å². The molecule has 2 unspecified atom stereocenters. The monoisotopic (exact) mass is 672 g/mol. The Morgan fingerprint density at radius 3 is 1.33 bits per heavy atom. The molecule has 48 heavy (non-hydrogen) atoms. The van der Waals surface area contributed by atoms with Gasteiger partial charge in [-0.2, -0.15) is 0 Å². The van der Waals surface area contributed by atoms with Gasteiger partial charge in [-0.1, -0.05) is 197 Å². The number of amides is 1. The zero-order valence-electron chi connectivity index (χ0n) is 32.0. The number of carbonyl (C=O) groups excluding carboxylic acids is 1. The molecule has 0 spiro atoms. The third kappa shape index (κ3) is 35.7. The van der Waals surface area contributed by atoms with E-state index in [4.69, 9.17) is 0 Å². The molecule has 0 bridgehead atoms. The summed E-state index contributed by atoms with van der Waals surface area (Å²) in [4.78, 5) is 12.3. The van der Waals surface area contributed by atoms with Crippen molar-refractivity contribution >= 4 is 5.91 Å². The van der Waals surface area contributed by atoms with Crippen molar-refractivity contribution in [1.29, 1.82) is 0 Å². The number of unbranched alkanes of at least 4 members (excludes halogenated alkanes) is 24. The molecule has 2 atom stereocenters. The lowest BCUT2D eigenvalue weighted by molar-refractivity contribution is -0.122. The maximum Gasteiger partial charge on any atom is 0.220 e. The van der Waals surface area contributed by atoms with Gasteiger partial charge >= 0.3 is 0 Å². The molecule has 0 saturated carbocycles. The van der Waals surface area contributed by atoms with Gasteiger partial charge in [-0.25, -0.2) is 0 Å². The molecule has 0 saturated heterocycles. The Morgan fingerprint density at radius 1 is 0.500 bits per heavy atom. The van der Waals surface area contributed by atoms with Crippen LogP contribution >= 0.6 is 0 Å². The number of nitrogens with one attached hydrogen (secondary N) is 1. The summed E-state index contributed by atoms with van der Waals surface area (Å²) in [6, 6.07) is -0.669. The fraction of sp³-hybridized carbons (Fsp3) is 0.795. The summed E-state index contributed by atoms with van der Waals surface area (Å²) in [6.45, 7) is 4.26. The molecule has 4 heteroatoms. The summed E-state index contributed by atoms with van der Waals surface area (Å²) in [5.74, 6) is -0.142. The third-order valence-electron chi connectivity index (χ3n) is 9.30. The van der Waals surface area contributed by atoms with Crippen LogP contribution in [0.4, 0.5) is 0 Å². The van der Waals surface area contributed by atoms with Gasteiger partial charge in [0.1, 0.15) is 0 Å². The lowest BCUT2D eigenvalue weighted by Gasteiger charge is -2.19. The largest absolute Gasteiger partial charge is 0.394 e. The first kappa shape index (κ1) is 46.4. The molecule has 0 rings (SSSR count). The van der Waals surface area contributed by atoms with E-state index < -0.39 is 12.1 Å². The predicted octanol–water partition coefficient (Wildman–Crippen LogP) is 12.8. The van der Waals surface area contributed by atoms with Gasteiger partial charge in [-0.15, -0.1) is 0 Å². The number of rotatable bonds is 37. The number of aliphatic hydroxyl groups excluding tert-OH is 2. The topological polar surface area (TPSA) is 69.6 Å². The zero-order chi connectivity index (χ0) is 35.0.